The van der Waals surface area contributed by atoms with E-state index in [-0.39, 0.29) is 5.82 Å². The molecule has 28 heavy (non-hydrogen) atoms. The van der Waals surface area contributed by atoms with Crippen LogP contribution in [0.2, 0.25) is 0 Å². The van der Waals surface area contributed by atoms with E-state index in [9.17, 15) is 4.39 Å². The van der Waals surface area contributed by atoms with Crippen molar-refractivity contribution in [3.8, 4) is 11.3 Å². The van der Waals surface area contributed by atoms with Gasteiger partial charge in [0.25, 0.3) is 0 Å². The Morgan fingerprint density at radius 3 is 2.79 bits per heavy atom. The summed E-state index contributed by atoms with van der Waals surface area (Å²) in [7, 11) is 4.20. The third-order valence-corrected chi connectivity index (χ3v) is 5.62. The van der Waals surface area contributed by atoms with Crippen molar-refractivity contribution in [1.82, 2.24) is 15.0 Å². The van der Waals surface area contributed by atoms with Crippen LogP contribution < -0.4 is 0 Å². The maximum absolute atomic E-state index is 13.6. The van der Waals surface area contributed by atoms with Gasteiger partial charge in [0, 0.05) is 43.2 Å². The van der Waals surface area contributed by atoms with Gasteiger partial charge in [-0.15, -0.1) is 0 Å². The highest BCUT2D eigenvalue weighted by molar-refractivity contribution is 5.63. The molecule has 4 nitrogen and oxygen atoms in total. The molecule has 0 N–H and O–H groups in total. The van der Waals surface area contributed by atoms with E-state index in [1.54, 1.807) is 6.07 Å². The first-order valence-electron chi connectivity index (χ1n) is 9.72. The van der Waals surface area contributed by atoms with E-state index >= 15 is 0 Å². The molecule has 5 heteroatoms. The highest BCUT2D eigenvalue weighted by Crippen LogP contribution is 2.31. The molecule has 0 saturated heterocycles. The van der Waals surface area contributed by atoms with E-state index in [0.29, 0.717) is 6.04 Å². The minimum Gasteiger partial charge on any atom is -0.360 e. The Labute approximate surface area is 165 Å². The second kappa shape index (κ2) is 7.86. The molecule has 1 aromatic heterocycles. The number of hydrogen-bond donors (Lipinski definition) is 0. The van der Waals surface area contributed by atoms with Crippen LogP contribution in [0, 0.1) is 5.82 Å². The van der Waals surface area contributed by atoms with Crippen LogP contribution in [0.3, 0.4) is 0 Å². The molecule has 0 amide bonds. The summed E-state index contributed by atoms with van der Waals surface area (Å²) < 4.78 is 19.2. The van der Waals surface area contributed by atoms with Crippen molar-refractivity contribution in [2.75, 3.05) is 20.6 Å². The van der Waals surface area contributed by atoms with Crippen LogP contribution in [0.1, 0.15) is 35.4 Å². The molecule has 4 rings (SSSR count). The molecular weight excluding hydrogens is 353 g/mol. The standard InChI is InChI=1S/C23H26FN3O/c1-16(26(2)3)18-7-4-6-17(12-18)14-27-11-10-22-21(15-27)23(25-28-22)19-8-5-9-20(24)13-19/h4-9,12-13,16H,10-11,14-15H2,1-3H3/t16-/m0/s1. The second-order valence-electron chi connectivity index (χ2n) is 7.79. The predicted molar refractivity (Wildman–Crippen MR) is 108 cm³/mol. The minimum absolute atomic E-state index is 0.256. The van der Waals surface area contributed by atoms with E-state index in [4.69, 9.17) is 4.52 Å². The van der Waals surface area contributed by atoms with Crippen molar-refractivity contribution in [3.05, 3.63) is 76.8 Å². The molecule has 0 bridgehead atoms. The first kappa shape index (κ1) is 18.8. The zero-order valence-electron chi connectivity index (χ0n) is 16.7. The summed E-state index contributed by atoms with van der Waals surface area (Å²) in [5, 5.41) is 4.23. The Morgan fingerprint density at radius 2 is 2.00 bits per heavy atom. The number of rotatable bonds is 5. The van der Waals surface area contributed by atoms with Gasteiger partial charge in [-0.1, -0.05) is 41.6 Å². The number of benzene rings is 2. The van der Waals surface area contributed by atoms with E-state index in [0.717, 1.165) is 48.6 Å². The Balaban J connectivity index is 1.53. The average molecular weight is 379 g/mol. The molecule has 1 aliphatic heterocycles. The SMILES string of the molecule is C[C@@H](c1cccc(CN2CCc3onc(-c4cccc(F)c4)c3C2)c1)N(C)C. The number of nitrogens with zero attached hydrogens (tertiary/aromatic N) is 3. The van der Waals surface area contributed by atoms with Gasteiger partial charge in [-0.25, -0.2) is 4.39 Å². The smallest absolute Gasteiger partial charge is 0.143 e. The van der Waals surface area contributed by atoms with Crippen molar-refractivity contribution in [2.45, 2.75) is 32.5 Å². The van der Waals surface area contributed by atoms with Gasteiger partial charge in [0.2, 0.25) is 0 Å². The molecule has 0 saturated carbocycles. The lowest BCUT2D eigenvalue weighted by Crippen LogP contribution is -2.29. The Morgan fingerprint density at radius 1 is 1.18 bits per heavy atom. The van der Waals surface area contributed by atoms with Crippen molar-refractivity contribution in [3.63, 3.8) is 0 Å². The molecular formula is C23H26FN3O. The lowest BCUT2D eigenvalue weighted by Gasteiger charge is -2.27. The monoisotopic (exact) mass is 379 g/mol. The lowest BCUT2D eigenvalue weighted by atomic mass is 10.00. The van der Waals surface area contributed by atoms with Crippen molar-refractivity contribution < 1.29 is 8.91 Å². The van der Waals surface area contributed by atoms with Crippen molar-refractivity contribution in [1.29, 1.82) is 0 Å². The lowest BCUT2D eigenvalue weighted by molar-refractivity contribution is 0.228. The average Bonchev–Trinajstić information content (AvgIpc) is 3.11. The van der Waals surface area contributed by atoms with Crippen LogP contribution in [-0.2, 0) is 19.5 Å². The van der Waals surface area contributed by atoms with Crippen LogP contribution in [0.25, 0.3) is 11.3 Å². The highest BCUT2D eigenvalue weighted by Gasteiger charge is 2.25. The number of aromatic nitrogens is 1. The van der Waals surface area contributed by atoms with Crippen LogP contribution >= 0.6 is 0 Å². The van der Waals surface area contributed by atoms with Crippen LogP contribution in [0.5, 0.6) is 0 Å². The zero-order chi connectivity index (χ0) is 19.7. The summed E-state index contributed by atoms with van der Waals surface area (Å²) in [6.45, 7) is 4.78. The topological polar surface area (TPSA) is 32.5 Å². The summed E-state index contributed by atoms with van der Waals surface area (Å²) in [6, 6.07) is 15.7. The van der Waals surface area contributed by atoms with Gasteiger partial charge in [-0.05, 0) is 44.3 Å². The Bertz CT molecular complexity index is 966. The quantitative estimate of drug-likeness (QED) is 0.645. The van der Waals surface area contributed by atoms with Crippen LogP contribution in [-0.4, -0.2) is 35.6 Å². The van der Waals surface area contributed by atoms with Gasteiger partial charge >= 0.3 is 0 Å². The van der Waals surface area contributed by atoms with Gasteiger partial charge < -0.3 is 9.42 Å². The molecule has 3 aromatic rings. The van der Waals surface area contributed by atoms with E-state index in [1.807, 2.05) is 6.07 Å². The first-order chi connectivity index (χ1) is 13.5. The largest absolute Gasteiger partial charge is 0.360 e. The molecule has 2 aromatic carbocycles. The maximum atomic E-state index is 13.6. The molecule has 0 radical (unpaired) electrons. The molecule has 0 unspecified atom stereocenters. The summed E-state index contributed by atoms with van der Waals surface area (Å²) >= 11 is 0. The minimum atomic E-state index is -0.256. The number of fused-ring (bicyclic) bond motifs is 1. The summed E-state index contributed by atoms with van der Waals surface area (Å²) in [4.78, 5) is 4.62. The summed E-state index contributed by atoms with van der Waals surface area (Å²) in [5.41, 5.74) is 5.24. The Kier molecular flexibility index (Phi) is 5.29. The fourth-order valence-electron chi connectivity index (χ4n) is 3.77. The Hall–Kier alpha value is -2.50. The summed E-state index contributed by atoms with van der Waals surface area (Å²) in [6.07, 6.45) is 0.825. The molecule has 1 aliphatic rings. The highest BCUT2D eigenvalue weighted by atomic mass is 19.1. The fourth-order valence-corrected chi connectivity index (χ4v) is 3.77. The third-order valence-electron chi connectivity index (χ3n) is 5.62. The molecule has 0 spiro atoms. The molecule has 146 valence electrons. The van der Waals surface area contributed by atoms with Crippen molar-refractivity contribution >= 4 is 0 Å². The fraction of sp³-hybridized carbons (Fsp3) is 0.348. The van der Waals surface area contributed by atoms with Gasteiger partial charge in [0.1, 0.15) is 17.3 Å². The van der Waals surface area contributed by atoms with Gasteiger partial charge in [0.15, 0.2) is 0 Å². The van der Waals surface area contributed by atoms with E-state index in [2.05, 4.69) is 60.2 Å². The zero-order valence-corrected chi connectivity index (χ0v) is 16.7. The number of halogens is 1. The molecule has 1 atom stereocenters. The van der Waals surface area contributed by atoms with E-state index in [1.165, 1.54) is 23.3 Å². The van der Waals surface area contributed by atoms with Gasteiger partial charge in [-0.3, -0.25) is 4.90 Å². The molecule has 0 fully saturated rings. The van der Waals surface area contributed by atoms with Crippen LogP contribution in [0.15, 0.2) is 53.1 Å². The second-order valence-corrected chi connectivity index (χ2v) is 7.79. The third kappa shape index (κ3) is 3.86. The van der Waals surface area contributed by atoms with Crippen molar-refractivity contribution in [2.24, 2.45) is 0 Å². The number of hydrogen-bond acceptors (Lipinski definition) is 4. The summed E-state index contributed by atoms with van der Waals surface area (Å²) in [5.74, 6) is 0.666. The maximum Gasteiger partial charge on any atom is 0.143 e. The normalized spacial score (nSPS) is 15.6. The predicted octanol–water partition coefficient (Wildman–Crippen LogP) is 4.66. The van der Waals surface area contributed by atoms with Gasteiger partial charge in [-0.2, -0.15) is 0 Å². The van der Waals surface area contributed by atoms with E-state index < -0.39 is 0 Å². The molecule has 2 heterocycles. The molecule has 0 aliphatic carbocycles. The van der Waals surface area contributed by atoms with Crippen LogP contribution in [0.4, 0.5) is 4.39 Å². The van der Waals surface area contributed by atoms with Gasteiger partial charge in [0.05, 0.1) is 0 Å². The first-order valence-corrected chi connectivity index (χ1v) is 9.72.